The topological polar surface area (TPSA) is 76.6 Å². The van der Waals surface area contributed by atoms with Gasteiger partial charge in [-0.2, -0.15) is 0 Å². The van der Waals surface area contributed by atoms with Crippen LogP contribution in [-0.2, 0) is 14.3 Å². The smallest absolute Gasteiger partial charge is 0.325 e. The van der Waals surface area contributed by atoms with Crippen LogP contribution in [0.2, 0.25) is 0 Å². The van der Waals surface area contributed by atoms with E-state index < -0.39 is 17.1 Å². The van der Waals surface area contributed by atoms with Gasteiger partial charge in [-0.25, -0.2) is 0 Å². The van der Waals surface area contributed by atoms with E-state index in [9.17, 15) is 14.4 Å². The number of thioether (sulfide) groups is 1. The Morgan fingerprint density at radius 2 is 2.20 bits per heavy atom. The zero-order chi connectivity index (χ0) is 14.7. The number of carbonyl (C=O) groups excluding carboxylic acids is 3. The molecule has 0 radical (unpaired) electrons. The molecule has 2 amide bonds. The van der Waals surface area contributed by atoms with Gasteiger partial charge in [-0.05, 0) is 36.9 Å². The number of nitrogens with zero attached hydrogens (tertiary/aromatic N) is 2. The van der Waals surface area contributed by atoms with Gasteiger partial charge in [0.15, 0.2) is 0 Å². The van der Waals surface area contributed by atoms with Crippen LogP contribution in [-0.4, -0.2) is 40.7 Å². The number of esters is 1. The average molecular weight is 292 g/mol. The van der Waals surface area contributed by atoms with Crippen LogP contribution in [0.3, 0.4) is 0 Å². The molecule has 0 spiro atoms. The number of hydrogen-bond acceptors (Lipinski definition) is 6. The number of methoxy groups -OCH3 is 1. The summed E-state index contributed by atoms with van der Waals surface area (Å²) < 4.78 is 4.45. The van der Waals surface area contributed by atoms with Crippen molar-refractivity contribution < 1.29 is 19.1 Å². The normalized spacial score (nSPS) is 16.9. The Bertz CT molecular complexity index is 612. The molecular weight excluding hydrogens is 280 g/mol. The van der Waals surface area contributed by atoms with Crippen molar-refractivity contribution >= 4 is 35.0 Å². The Kier molecular flexibility index (Phi) is 4.19. The second-order valence-electron chi connectivity index (χ2n) is 4.05. The summed E-state index contributed by atoms with van der Waals surface area (Å²) >= 11 is 0.786. The molecule has 2 heterocycles. The third kappa shape index (κ3) is 3.05. The lowest BCUT2D eigenvalue weighted by atomic mass is 10.3. The maximum Gasteiger partial charge on any atom is 0.325 e. The van der Waals surface area contributed by atoms with Crippen molar-refractivity contribution in [3.63, 3.8) is 0 Å². The highest BCUT2D eigenvalue weighted by atomic mass is 32.2. The Labute approximate surface area is 119 Å². The molecule has 1 aromatic rings. The SMILES string of the molecule is COC(=O)CN1C(=O)S/C(=C\c2cccc(C)n2)C1=O. The second kappa shape index (κ2) is 5.87. The van der Waals surface area contributed by atoms with Crippen molar-refractivity contribution in [2.75, 3.05) is 13.7 Å². The summed E-state index contributed by atoms with van der Waals surface area (Å²) in [5, 5.41) is -0.487. The molecule has 1 aromatic heterocycles. The molecule has 0 bridgehead atoms. The van der Waals surface area contributed by atoms with Crippen LogP contribution >= 0.6 is 11.8 Å². The van der Waals surface area contributed by atoms with E-state index in [-0.39, 0.29) is 11.4 Å². The molecule has 0 aromatic carbocycles. The maximum atomic E-state index is 12.0. The van der Waals surface area contributed by atoms with E-state index in [1.54, 1.807) is 6.07 Å². The number of ether oxygens (including phenoxy) is 1. The standard InChI is InChI=1S/C13H12N2O4S/c1-8-4-3-5-9(14-8)6-10-12(17)15(13(18)20-10)7-11(16)19-2/h3-6H,7H2,1-2H3/b10-6-. The van der Waals surface area contributed by atoms with Gasteiger partial charge in [0.25, 0.3) is 11.1 Å². The van der Waals surface area contributed by atoms with Crippen molar-refractivity contribution in [1.29, 1.82) is 0 Å². The summed E-state index contributed by atoms with van der Waals surface area (Å²) in [5.74, 6) is -1.14. The van der Waals surface area contributed by atoms with Gasteiger partial charge in [-0.3, -0.25) is 24.3 Å². The molecule has 2 rings (SSSR count). The van der Waals surface area contributed by atoms with Gasteiger partial charge < -0.3 is 4.74 Å². The number of carbonyl (C=O) groups is 3. The summed E-state index contributed by atoms with van der Waals surface area (Å²) in [6, 6.07) is 5.38. The summed E-state index contributed by atoms with van der Waals surface area (Å²) in [4.78, 5) is 40.2. The molecule has 0 atom stereocenters. The quantitative estimate of drug-likeness (QED) is 0.622. The van der Waals surface area contributed by atoms with Crippen molar-refractivity contribution in [1.82, 2.24) is 9.88 Å². The Morgan fingerprint density at radius 1 is 1.45 bits per heavy atom. The van der Waals surface area contributed by atoms with Gasteiger partial charge in [-0.1, -0.05) is 6.07 Å². The summed E-state index contributed by atoms with van der Waals surface area (Å²) in [6.07, 6.45) is 1.54. The molecule has 0 aliphatic carbocycles. The van der Waals surface area contributed by atoms with Crippen molar-refractivity contribution in [2.24, 2.45) is 0 Å². The minimum absolute atomic E-state index is 0.247. The van der Waals surface area contributed by atoms with Crippen LogP contribution in [0.25, 0.3) is 6.08 Å². The number of aryl methyl sites for hydroxylation is 1. The molecule has 7 heteroatoms. The number of amides is 2. The Morgan fingerprint density at radius 3 is 2.85 bits per heavy atom. The number of hydrogen-bond donors (Lipinski definition) is 0. The lowest BCUT2D eigenvalue weighted by Crippen LogP contribution is -2.34. The molecule has 6 nitrogen and oxygen atoms in total. The monoisotopic (exact) mass is 292 g/mol. The highest BCUT2D eigenvalue weighted by Gasteiger charge is 2.36. The van der Waals surface area contributed by atoms with Crippen molar-refractivity contribution in [3.05, 3.63) is 34.5 Å². The molecule has 0 saturated carbocycles. The van der Waals surface area contributed by atoms with E-state index in [4.69, 9.17) is 0 Å². The lowest BCUT2D eigenvalue weighted by molar-refractivity contribution is -0.143. The minimum Gasteiger partial charge on any atom is -0.468 e. The van der Waals surface area contributed by atoms with Crippen LogP contribution in [0.4, 0.5) is 4.79 Å². The highest BCUT2D eigenvalue weighted by molar-refractivity contribution is 8.18. The molecule has 1 saturated heterocycles. The fourth-order valence-corrected chi connectivity index (χ4v) is 2.43. The molecule has 20 heavy (non-hydrogen) atoms. The zero-order valence-electron chi connectivity index (χ0n) is 11.0. The number of rotatable bonds is 3. The van der Waals surface area contributed by atoms with E-state index in [1.165, 1.54) is 13.2 Å². The summed E-state index contributed by atoms with van der Waals surface area (Å²) in [6.45, 7) is 1.46. The van der Waals surface area contributed by atoms with Gasteiger partial charge in [0.1, 0.15) is 6.54 Å². The van der Waals surface area contributed by atoms with E-state index >= 15 is 0 Å². The maximum absolute atomic E-state index is 12.0. The summed E-state index contributed by atoms with van der Waals surface area (Å²) in [5.41, 5.74) is 1.40. The minimum atomic E-state index is -0.637. The number of imide groups is 1. The van der Waals surface area contributed by atoms with E-state index in [0.29, 0.717) is 5.69 Å². The lowest BCUT2D eigenvalue weighted by Gasteiger charge is -2.09. The van der Waals surface area contributed by atoms with Gasteiger partial charge in [0.2, 0.25) is 0 Å². The number of aromatic nitrogens is 1. The molecule has 1 aliphatic heterocycles. The highest BCUT2D eigenvalue weighted by Crippen LogP contribution is 2.31. The van der Waals surface area contributed by atoms with Gasteiger partial charge in [0, 0.05) is 5.69 Å². The van der Waals surface area contributed by atoms with Crippen LogP contribution in [0.5, 0.6) is 0 Å². The third-order valence-electron chi connectivity index (χ3n) is 2.58. The number of pyridine rings is 1. The van der Waals surface area contributed by atoms with Gasteiger partial charge in [0.05, 0.1) is 17.7 Å². The van der Waals surface area contributed by atoms with Crippen molar-refractivity contribution in [2.45, 2.75) is 6.92 Å². The Hall–Kier alpha value is -2.15. The zero-order valence-corrected chi connectivity index (χ0v) is 11.8. The predicted molar refractivity (Wildman–Crippen MR) is 73.7 cm³/mol. The molecule has 1 aliphatic rings. The van der Waals surface area contributed by atoms with Gasteiger partial charge >= 0.3 is 5.97 Å². The van der Waals surface area contributed by atoms with Crippen molar-refractivity contribution in [3.8, 4) is 0 Å². The molecule has 0 unspecified atom stereocenters. The fraction of sp³-hybridized carbons (Fsp3) is 0.231. The fourth-order valence-electron chi connectivity index (χ4n) is 1.61. The van der Waals surface area contributed by atoms with Gasteiger partial charge in [-0.15, -0.1) is 0 Å². The van der Waals surface area contributed by atoms with E-state index in [1.807, 2.05) is 19.1 Å². The first kappa shape index (κ1) is 14.3. The van der Waals surface area contributed by atoms with E-state index in [0.717, 1.165) is 22.4 Å². The van der Waals surface area contributed by atoms with Crippen LogP contribution in [0.1, 0.15) is 11.4 Å². The Balaban J connectivity index is 2.21. The van der Waals surface area contributed by atoms with Crippen LogP contribution < -0.4 is 0 Å². The third-order valence-corrected chi connectivity index (χ3v) is 3.48. The van der Waals surface area contributed by atoms with Crippen LogP contribution in [0.15, 0.2) is 23.1 Å². The molecular formula is C13H12N2O4S. The molecule has 0 N–H and O–H groups in total. The first-order valence-corrected chi connectivity index (χ1v) is 6.59. The predicted octanol–water partition coefficient (Wildman–Crippen LogP) is 1.60. The van der Waals surface area contributed by atoms with Crippen LogP contribution in [0, 0.1) is 6.92 Å². The molecule has 104 valence electrons. The second-order valence-corrected chi connectivity index (χ2v) is 5.04. The first-order chi connectivity index (χ1) is 9.51. The first-order valence-electron chi connectivity index (χ1n) is 5.77. The summed E-state index contributed by atoms with van der Waals surface area (Å²) in [7, 11) is 1.20. The largest absolute Gasteiger partial charge is 0.468 e. The van der Waals surface area contributed by atoms with E-state index in [2.05, 4.69) is 9.72 Å². The molecule has 1 fully saturated rings. The average Bonchev–Trinajstić information content (AvgIpc) is 2.66.